The Morgan fingerprint density at radius 1 is 0.304 bits per heavy atom. The van der Waals surface area contributed by atoms with E-state index in [1.54, 1.807) is 0 Å². The zero-order valence-corrected chi connectivity index (χ0v) is 36.7. The molecule has 0 unspecified atom stereocenters. The quantitative estimate of drug-likeness (QED) is 0.177. The van der Waals surface area contributed by atoms with E-state index >= 15 is 0 Å². The molecule has 0 saturated heterocycles. The van der Waals surface area contributed by atoms with E-state index in [1.165, 1.54) is 21.5 Å². The molecule has 15 rings (SSSR count). The van der Waals surface area contributed by atoms with E-state index in [9.17, 15) is 10.5 Å². The Balaban J connectivity index is 0.980. The second-order valence-corrected chi connectivity index (χ2v) is 17.9. The average molecular weight is 879 g/mol. The van der Waals surface area contributed by atoms with Crippen LogP contribution in [0, 0.1) is 22.7 Å². The van der Waals surface area contributed by atoms with Crippen LogP contribution >= 0.6 is 0 Å². The van der Waals surface area contributed by atoms with Crippen molar-refractivity contribution in [3.05, 3.63) is 217 Å². The first-order valence-electron chi connectivity index (χ1n) is 23.0. The van der Waals surface area contributed by atoms with Crippen LogP contribution in [-0.4, -0.2) is 18.3 Å². The van der Waals surface area contributed by atoms with Gasteiger partial charge in [0, 0.05) is 59.9 Å². The molecule has 0 aliphatic heterocycles. The smallest absolute Gasteiger partial charge is 0.145 e. The SMILES string of the molecule is N#Cc1cc(-n2c3ccc(-n4c5ccccc5c5ccccc54)cc3c3c4oc5ccccc5c4ccc32)c(C#N)cc1-n1c2ccccc2c2cc(-n3c4ccccc4c4ccccc43)ccc21. The van der Waals surface area contributed by atoms with Crippen LogP contribution in [0.1, 0.15) is 11.1 Å². The number of nitrogens with zero attached hydrogens (tertiary/aromatic N) is 6. The highest BCUT2D eigenvalue weighted by atomic mass is 16.3. The number of hydrogen-bond acceptors (Lipinski definition) is 3. The number of aromatic nitrogens is 4. The first kappa shape index (κ1) is 37.4. The van der Waals surface area contributed by atoms with Crippen molar-refractivity contribution in [3.8, 4) is 34.9 Å². The zero-order valence-electron chi connectivity index (χ0n) is 36.7. The monoisotopic (exact) mass is 878 g/mol. The lowest BCUT2D eigenvalue weighted by Crippen LogP contribution is -2.04. The molecule has 0 amide bonds. The van der Waals surface area contributed by atoms with Gasteiger partial charge in [0.2, 0.25) is 0 Å². The molecular formula is C62H34N6O. The minimum atomic E-state index is 0.437. The number of hydrogen-bond donors (Lipinski definition) is 0. The molecule has 0 aliphatic carbocycles. The molecule has 7 nitrogen and oxygen atoms in total. The van der Waals surface area contributed by atoms with Crippen molar-refractivity contribution in [2.24, 2.45) is 0 Å². The van der Waals surface area contributed by atoms with Crippen molar-refractivity contribution in [2.75, 3.05) is 0 Å². The summed E-state index contributed by atoms with van der Waals surface area (Å²) < 4.78 is 15.7. The van der Waals surface area contributed by atoms with Crippen molar-refractivity contribution >= 4 is 109 Å². The van der Waals surface area contributed by atoms with Gasteiger partial charge in [-0.2, -0.15) is 10.5 Å². The summed E-state index contributed by atoms with van der Waals surface area (Å²) in [4.78, 5) is 0. The Bertz CT molecular complexity index is 4720. The summed E-state index contributed by atoms with van der Waals surface area (Å²) in [7, 11) is 0. The molecule has 5 aromatic heterocycles. The van der Waals surface area contributed by atoms with Crippen molar-refractivity contribution in [3.63, 3.8) is 0 Å². The highest BCUT2D eigenvalue weighted by Gasteiger charge is 2.25. The maximum Gasteiger partial charge on any atom is 0.145 e. The van der Waals surface area contributed by atoms with Gasteiger partial charge in [-0.05, 0) is 97.1 Å². The summed E-state index contributed by atoms with van der Waals surface area (Å²) in [6.45, 7) is 0. The van der Waals surface area contributed by atoms with E-state index < -0.39 is 0 Å². The van der Waals surface area contributed by atoms with Crippen molar-refractivity contribution in [1.82, 2.24) is 18.3 Å². The van der Waals surface area contributed by atoms with Crippen LogP contribution in [0.15, 0.2) is 211 Å². The lowest BCUT2D eigenvalue weighted by molar-refractivity contribution is 0.673. The number of furan rings is 1. The minimum Gasteiger partial charge on any atom is -0.455 e. The van der Waals surface area contributed by atoms with Crippen molar-refractivity contribution in [2.45, 2.75) is 0 Å². The molecule has 7 heteroatoms. The number of fused-ring (bicyclic) bond motifs is 16. The predicted molar refractivity (Wildman–Crippen MR) is 281 cm³/mol. The highest BCUT2D eigenvalue weighted by Crippen LogP contribution is 2.44. The number of benzene rings is 10. The molecule has 5 heterocycles. The molecule has 0 saturated carbocycles. The Hall–Kier alpha value is -9.82. The number of rotatable bonds is 4. The van der Waals surface area contributed by atoms with E-state index in [0.717, 1.165) is 99.0 Å². The lowest BCUT2D eigenvalue weighted by Gasteiger charge is -2.16. The van der Waals surface area contributed by atoms with Crippen LogP contribution in [0.2, 0.25) is 0 Å². The van der Waals surface area contributed by atoms with Gasteiger partial charge in [0.05, 0.1) is 72.0 Å². The highest BCUT2D eigenvalue weighted by molar-refractivity contribution is 6.24. The van der Waals surface area contributed by atoms with E-state index in [1.807, 2.05) is 36.4 Å². The van der Waals surface area contributed by atoms with Gasteiger partial charge in [-0.1, -0.05) is 109 Å². The van der Waals surface area contributed by atoms with Crippen LogP contribution in [-0.2, 0) is 0 Å². The molecule has 0 aliphatic rings. The summed E-state index contributed by atoms with van der Waals surface area (Å²) in [5.74, 6) is 0. The van der Waals surface area contributed by atoms with Gasteiger partial charge in [-0.3, -0.25) is 0 Å². The fourth-order valence-electron chi connectivity index (χ4n) is 11.6. The second-order valence-electron chi connectivity index (χ2n) is 17.9. The Morgan fingerprint density at radius 3 is 1.19 bits per heavy atom. The Morgan fingerprint density at radius 2 is 0.681 bits per heavy atom. The first-order valence-corrected chi connectivity index (χ1v) is 23.0. The van der Waals surface area contributed by atoms with Gasteiger partial charge in [-0.25, -0.2) is 0 Å². The topological polar surface area (TPSA) is 80.4 Å². The normalized spacial score (nSPS) is 12.0. The van der Waals surface area contributed by atoms with Gasteiger partial charge < -0.3 is 22.7 Å². The molecule has 0 N–H and O–H groups in total. The minimum absolute atomic E-state index is 0.437. The Labute approximate surface area is 392 Å². The number of nitriles is 2. The Kier molecular flexibility index (Phi) is 7.51. The zero-order chi connectivity index (χ0) is 45.5. The summed E-state index contributed by atoms with van der Waals surface area (Å²) in [5, 5.41) is 33.3. The van der Waals surface area contributed by atoms with E-state index in [4.69, 9.17) is 4.42 Å². The molecular weight excluding hydrogens is 845 g/mol. The molecule has 0 atom stereocenters. The van der Waals surface area contributed by atoms with Gasteiger partial charge >= 0.3 is 0 Å². The van der Waals surface area contributed by atoms with E-state index in [2.05, 4.69) is 200 Å². The second kappa shape index (κ2) is 13.9. The molecule has 0 spiro atoms. The predicted octanol–water partition coefficient (Wildman–Crippen LogP) is 15.7. The third kappa shape index (κ3) is 5.02. The van der Waals surface area contributed by atoms with Gasteiger partial charge in [0.1, 0.15) is 23.3 Å². The molecule has 0 bridgehead atoms. The summed E-state index contributed by atoms with van der Waals surface area (Å²) in [6.07, 6.45) is 0. The van der Waals surface area contributed by atoms with Crippen molar-refractivity contribution in [1.29, 1.82) is 10.5 Å². The van der Waals surface area contributed by atoms with Crippen LogP contribution < -0.4 is 0 Å². The average Bonchev–Trinajstić information content (AvgIpc) is 4.21. The standard InChI is InChI=1S/C62H34N6O/c63-35-37-32-59(38(36-64)31-58(37)67-54-23-11-5-17-45(54)48-33-39(25-28-55(48)67)65-50-19-7-1-13-41(50)42-14-2-8-20-51(42)65)68-56-29-26-40(66-52-21-9-3-15-43(52)44-16-4-10-22-53(44)66)34-49(56)61-57(68)30-27-47-46-18-6-12-24-60(46)69-62(47)61/h1-34H. The maximum atomic E-state index is 11.2. The molecule has 10 aromatic carbocycles. The molecule has 318 valence electrons. The lowest BCUT2D eigenvalue weighted by atomic mass is 10.1. The van der Waals surface area contributed by atoms with E-state index in [0.29, 0.717) is 22.5 Å². The molecule has 0 radical (unpaired) electrons. The molecule has 0 fully saturated rings. The largest absolute Gasteiger partial charge is 0.455 e. The van der Waals surface area contributed by atoms with Crippen molar-refractivity contribution < 1.29 is 4.42 Å². The number of para-hydroxylation sites is 6. The third-order valence-electron chi connectivity index (χ3n) is 14.4. The fraction of sp³-hybridized carbons (Fsp3) is 0. The molecule has 15 aromatic rings. The van der Waals surface area contributed by atoms with Crippen LogP contribution in [0.5, 0.6) is 0 Å². The van der Waals surface area contributed by atoms with Gasteiger partial charge in [0.25, 0.3) is 0 Å². The van der Waals surface area contributed by atoms with Crippen LogP contribution in [0.25, 0.3) is 132 Å². The van der Waals surface area contributed by atoms with Gasteiger partial charge in [0.15, 0.2) is 0 Å². The van der Waals surface area contributed by atoms with Gasteiger partial charge in [-0.15, -0.1) is 0 Å². The third-order valence-corrected chi connectivity index (χ3v) is 14.4. The summed E-state index contributed by atoms with van der Waals surface area (Å²) >= 11 is 0. The fourth-order valence-corrected chi connectivity index (χ4v) is 11.6. The first-order chi connectivity index (χ1) is 34.2. The van der Waals surface area contributed by atoms with Crippen LogP contribution in [0.3, 0.4) is 0 Å². The molecule has 69 heavy (non-hydrogen) atoms. The summed E-state index contributed by atoms with van der Waals surface area (Å²) in [6, 6.07) is 76.9. The maximum absolute atomic E-state index is 11.2. The van der Waals surface area contributed by atoms with E-state index in [-0.39, 0.29) is 0 Å². The summed E-state index contributed by atoms with van der Waals surface area (Å²) in [5.41, 5.74) is 13.9. The van der Waals surface area contributed by atoms with Crippen LogP contribution in [0.4, 0.5) is 0 Å².